The molecule has 1 aliphatic heterocycles. The topological polar surface area (TPSA) is 76.2 Å². The van der Waals surface area contributed by atoms with Crippen LogP contribution in [0.3, 0.4) is 0 Å². The summed E-state index contributed by atoms with van der Waals surface area (Å²) in [7, 11) is 0. The fourth-order valence-electron chi connectivity index (χ4n) is 3.92. The first-order valence-corrected chi connectivity index (χ1v) is 9.73. The molecule has 3 aliphatic rings. The third-order valence-corrected chi connectivity index (χ3v) is 5.82. The van der Waals surface area contributed by atoms with Crippen molar-refractivity contribution in [1.82, 2.24) is 25.0 Å². The predicted molar refractivity (Wildman–Crippen MR) is 94.4 cm³/mol. The third kappa shape index (κ3) is 2.99. The number of fused-ring (bicyclic) bond motifs is 1. The molecule has 2 aromatic rings. The zero-order chi connectivity index (χ0) is 17.7. The summed E-state index contributed by atoms with van der Waals surface area (Å²) in [5.41, 5.74) is 0. The van der Waals surface area contributed by atoms with E-state index in [2.05, 4.69) is 33.1 Å². The highest BCUT2D eigenvalue weighted by Crippen LogP contribution is 2.47. The second-order valence-corrected chi connectivity index (χ2v) is 7.93. The Hall–Kier alpha value is -2.31. The second-order valence-electron chi connectivity index (χ2n) is 7.93. The Kier molecular flexibility index (Phi) is 3.76. The lowest BCUT2D eigenvalue weighted by molar-refractivity contribution is 0.185. The minimum atomic E-state index is -0.0411. The number of carbonyl (C=O) groups excluding carboxylic acids is 1. The van der Waals surface area contributed by atoms with E-state index in [1.807, 2.05) is 11.0 Å². The number of aromatic nitrogens is 3. The maximum absolute atomic E-state index is 12.7. The van der Waals surface area contributed by atoms with Crippen LogP contribution in [0, 0.1) is 5.92 Å². The standard InChI is InChI=1S/C19H25N5O2/c1-12-9-15(12)16-7-6-14(26-16)11-24(13-4-5-13)19(25)20-10-18-22-21-17-3-2-8-23(17)18/h6-7,12-13,15H,2-5,8-11H2,1H3,(H,20,25). The Morgan fingerprint density at radius 1 is 1.38 bits per heavy atom. The molecule has 0 aromatic carbocycles. The van der Waals surface area contributed by atoms with Crippen molar-refractivity contribution in [3.8, 4) is 0 Å². The number of hydrogen-bond donors (Lipinski definition) is 1. The molecular formula is C19H25N5O2. The van der Waals surface area contributed by atoms with E-state index in [4.69, 9.17) is 4.42 Å². The Morgan fingerprint density at radius 3 is 3.00 bits per heavy atom. The highest BCUT2D eigenvalue weighted by Gasteiger charge is 2.37. The average Bonchev–Trinajstić information content (AvgIpc) is 3.42. The van der Waals surface area contributed by atoms with Crippen LogP contribution in [-0.2, 0) is 26.1 Å². The number of nitrogens with one attached hydrogen (secondary N) is 1. The smallest absolute Gasteiger partial charge is 0.318 e. The van der Waals surface area contributed by atoms with Gasteiger partial charge in [0, 0.05) is 24.9 Å². The van der Waals surface area contributed by atoms with Gasteiger partial charge in [-0.3, -0.25) is 0 Å². The summed E-state index contributed by atoms with van der Waals surface area (Å²) < 4.78 is 8.12. The van der Waals surface area contributed by atoms with Gasteiger partial charge in [0.05, 0.1) is 13.1 Å². The summed E-state index contributed by atoms with van der Waals surface area (Å²) in [6.07, 6.45) is 5.44. The molecule has 2 unspecified atom stereocenters. The molecule has 2 atom stereocenters. The van der Waals surface area contributed by atoms with E-state index in [0.717, 1.165) is 61.3 Å². The van der Waals surface area contributed by atoms with Crippen LogP contribution in [0.2, 0.25) is 0 Å². The molecule has 7 heteroatoms. The van der Waals surface area contributed by atoms with Crippen molar-refractivity contribution in [2.75, 3.05) is 0 Å². The summed E-state index contributed by atoms with van der Waals surface area (Å²) in [5, 5.41) is 11.4. The van der Waals surface area contributed by atoms with Gasteiger partial charge in [-0.15, -0.1) is 10.2 Å². The largest absolute Gasteiger partial charge is 0.464 e. The Bertz CT molecular complexity index is 822. The van der Waals surface area contributed by atoms with E-state index >= 15 is 0 Å². The third-order valence-electron chi connectivity index (χ3n) is 5.82. The molecule has 26 heavy (non-hydrogen) atoms. The predicted octanol–water partition coefficient (Wildman–Crippen LogP) is 2.81. The molecule has 0 radical (unpaired) electrons. The number of hydrogen-bond acceptors (Lipinski definition) is 4. The molecule has 138 valence electrons. The molecule has 2 aliphatic carbocycles. The Labute approximate surface area is 152 Å². The van der Waals surface area contributed by atoms with Crippen LogP contribution in [0.25, 0.3) is 0 Å². The SMILES string of the molecule is CC1CC1c1ccc(CN(C(=O)NCc2nnc3n2CCC3)C2CC2)o1. The van der Waals surface area contributed by atoms with Crippen LogP contribution >= 0.6 is 0 Å². The van der Waals surface area contributed by atoms with Crippen molar-refractivity contribution >= 4 is 6.03 Å². The fourth-order valence-corrected chi connectivity index (χ4v) is 3.92. The molecule has 0 saturated heterocycles. The monoisotopic (exact) mass is 355 g/mol. The maximum atomic E-state index is 12.7. The number of urea groups is 1. The number of furan rings is 1. The highest BCUT2D eigenvalue weighted by molar-refractivity contribution is 5.74. The van der Waals surface area contributed by atoms with Gasteiger partial charge in [-0.1, -0.05) is 6.92 Å². The van der Waals surface area contributed by atoms with Crippen LogP contribution in [0.4, 0.5) is 4.79 Å². The zero-order valence-electron chi connectivity index (χ0n) is 15.1. The highest BCUT2D eigenvalue weighted by atomic mass is 16.3. The van der Waals surface area contributed by atoms with Crippen LogP contribution in [0.5, 0.6) is 0 Å². The Morgan fingerprint density at radius 2 is 2.23 bits per heavy atom. The van der Waals surface area contributed by atoms with E-state index in [1.54, 1.807) is 0 Å². The van der Waals surface area contributed by atoms with Gasteiger partial charge in [-0.25, -0.2) is 4.79 Å². The van der Waals surface area contributed by atoms with E-state index in [9.17, 15) is 4.79 Å². The van der Waals surface area contributed by atoms with Crippen molar-refractivity contribution in [2.45, 2.75) is 70.6 Å². The van der Waals surface area contributed by atoms with E-state index in [1.165, 1.54) is 6.42 Å². The van der Waals surface area contributed by atoms with Crippen LogP contribution < -0.4 is 5.32 Å². The molecular weight excluding hydrogens is 330 g/mol. The van der Waals surface area contributed by atoms with Gasteiger partial charge < -0.3 is 19.2 Å². The number of nitrogens with zero attached hydrogens (tertiary/aromatic N) is 4. The normalized spacial score (nSPS) is 23.7. The van der Waals surface area contributed by atoms with Crippen molar-refractivity contribution in [3.05, 3.63) is 35.3 Å². The van der Waals surface area contributed by atoms with Crippen LogP contribution in [0.15, 0.2) is 16.5 Å². The van der Waals surface area contributed by atoms with E-state index in [-0.39, 0.29) is 6.03 Å². The molecule has 1 N–H and O–H groups in total. The minimum Gasteiger partial charge on any atom is -0.464 e. The van der Waals surface area contributed by atoms with Gasteiger partial charge in [0.1, 0.15) is 17.3 Å². The van der Waals surface area contributed by atoms with Gasteiger partial charge in [-0.05, 0) is 43.7 Å². The lowest BCUT2D eigenvalue weighted by Gasteiger charge is -2.21. The molecule has 2 amide bonds. The first-order valence-electron chi connectivity index (χ1n) is 9.73. The van der Waals surface area contributed by atoms with Crippen molar-refractivity contribution in [1.29, 1.82) is 0 Å². The van der Waals surface area contributed by atoms with Gasteiger partial charge in [0.2, 0.25) is 0 Å². The summed E-state index contributed by atoms with van der Waals surface area (Å²) in [6.45, 7) is 4.17. The van der Waals surface area contributed by atoms with E-state index in [0.29, 0.717) is 25.0 Å². The lowest BCUT2D eigenvalue weighted by atomic mass is 10.3. The molecule has 7 nitrogen and oxygen atoms in total. The molecule has 2 fully saturated rings. The Balaban J connectivity index is 1.22. The quantitative estimate of drug-likeness (QED) is 0.864. The lowest BCUT2D eigenvalue weighted by Crippen LogP contribution is -2.40. The van der Waals surface area contributed by atoms with Crippen molar-refractivity contribution in [3.63, 3.8) is 0 Å². The number of amides is 2. The van der Waals surface area contributed by atoms with E-state index < -0.39 is 0 Å². The number of aryl methyl sites for hydroxylation is 1. The van der Waals surface area contributed by atoms with Gasteiger partial charge in [0.25, 0.3) is 0 Å². The molecule has 2 saturated carbocycles. The summed E-state index contributed by atoms with van der Waals surface area (Å²) in [6, 6.07) is 4.38. The maximum Gasteiger partial charge on any atom is 0.318 e. The van der Waals surface area contributed by atoms with Gasteiger partial charge in [0.15, 0.2) is 5.82 Å². The summed E-state index contributed by atoms with van der Waals surface area (Å²) in [4.78, 5) is 14.6. The van der Waals surface area contributed by atoms with Crippen LogP contribution in [0.1, 0.15) is 61.7 Å². The minimum absolute atomic E-state index is 0.0411. The second kappa shape index (κ2) is 6.14. The van der Waals surface area contributed by atoms with Crippen LogP contribution in [-0.4, -0.2) is 31.7 Å². The molecule has 0 spiro atoms. The van der Waals surface area contributed by atoms with Gasteiger partial charge in [-0.2, -0.15) is 0 Å². The van der Waals surface area contributed by atoms with Crippen molar-refractivity contribution in [2.24, 2.45) is 5.92 Å². The number of rotatable bonds is 6. The number of carbonyl (C=O) groups is 1. The first-order chi connectivity index (χ1) is 12.7. The first kappa shape index (κ1) is 15.9. The average molecular weight is 355 g/mol. The summed E-state index contributed by atoms with van der Waals surface area (Å²) >= 11 is 0. The van der Waals surface area contributed by atoms with Crippen molar-refractivity contribution < 1.29 is 9.21 Å². The molecule has 3 heterocycles. The molecule has 2 aromatic heterocycles. The molecule has 5 rings (SSSR count). The molecule has 0 bridgehead atoms. The summed E-state index contributed by atoms with van der Waals surface area (Å²) in [5.74, 6) is 5.13. The van der Waals surface area contributed by atoms with Gasteiger partial charge >= 0.3 is 6.03 Å². The fraction of sp³-hybridized carbons (Fsp3) is 0.632. The zero-order valence-corrected chi connectivity index (χ0v) is 15.1.